The van der Waals surface area contributed by atoms with E-state index in [1.165, 1.54) is 34.0 Å². The fraction of sp³-hybridized carbons (Fsp3) is 0.368. The summed E-state index contributed by atoms with van der Waals surface area (Å²) in [6.45, 7) is -0.464. The molecule has 0 spiro atoms. The average Bonchev–Trinajstić information content (AvgIpc) is 3.11. The van der Waals surface area contributed by atoms with E-state index in [-0.39, 0.29) is 17.9 Å². The summed E-state index contributed by atoms with van der Waals surface area (Å²) >= 11 is 1.30. The van der Waals surface area contributed by atoms with Crippen LogP contribution in [-0.2, 0) is 11.2 Å². The van der Waals surface area contributed by atoms with Gasteiger partial charge in [0.2, 0.25) is 0 Å². The Kier molecular flexibility index (Phi) is 9.10. The van der Waals surface area contributed by atoms with Gasteiger partial charge in [0.25, 0.3) is 0 Å². The average molecular weight is 641 g/mol. The van der Waals surface area contributed by atoms with Crippen molar-refractivity contribution in [1.82, 2.24) is 0 Å². The van der Waals surface area contributed by atoms with Crippen LogP contribution in [0, 0.1) is 0 Å². The molecule has 4 N–H and O–H groups in total. The van der Waals surface area contributed by atoms with Crippen molar-refractivity contribution in [2.45, 2.75) is 78.4 Å². The molecule has 7 nitrogen and oxygen atoms in total. The summed E-state index contributed by atoms with van der Waals surface area (Å²) in [4.78, 5) is 0.864. The van der Waals surface area contributed by atoms with Crippen molar-refractivity contribution < 1.29 is 34.6 Å². The molecule has 46 heavy (non-hydrogen) atoms. The maximum Gasteiger partial charge on any atom is 0.136 e. The van der Waals surface area contributed by atoms with Crippen LogP contribution >= 0.6 is 11.8 Å². The third-order valence-electron chi connectivity index (χ3n) is 9.73. The van der Waals surface area contributed by atoms with Crippen molar-refractivity contribution in [3.05, 3.63) is 124 Å². The van der Waals surface area contributed by atoms with Gasteiger partial charge in [-0.3, -0.25) is 0 Å². The van der Waals surface area contributed by atoms with Gasteiger partial charge in [0.1, 0.15) is 47.5 Å². The molecule has 2 heterocycles. The van der Waals surface area contributed by atoms with Gasteiger partial charge in [-0.25, -0.2) is 0 Å². The lowest BCUT2D eigenvalue weighted by atomic mass is 9.78. The Balaban J connectivity index is 1.28. The summed E-state index contributed by atoms with van der Waals surface area (Å²) in [6.07, 6.45) is -1.46. The van der Waals surface area contributed by atoms with E-state index in [1.807, 2.05) is 24.3 Å². The molecule has 0 bridgehead atoms. The first-order chi connectivity index (χ1) is 22.4. The van der Waals surface area contributed by atoms with Crippen molar-refractivity contribution >= 4 is 11.8 Å². The second-order valence-corrected chi connectivity index (χ2v) is 13.7. The molecule has 0 radical (unpaired) electrons. The number of methoxy groups -OCH3 is 1. The van der Waals surface area contributed by atoms with E-state index in [9.17, 15) is 20.4 Å². The van der Waals surface area contributed by atoms with Crippen LogP contribution in [0.2, 0.25) is 0 Å². The normalized spacial score (nSPS) is 28.9. The summed E-state index contributed by atoms with van der Waals surface area (Å²) in [5.41, 5.74) is 6.36. The molecule has 0 saturated carbocycles. The molecule has 8 heteroatoms. The number of fused-ring (bicyclic) bond motifs is 2. The first-order valence-electron chi connectivity index (χ1n) is 16.0. The predicted molar refractivity (Wildman–Crippen MR) is 177 cm³/mol. The Bertz CT molecular complexity index is 1660. The highest BCUT2D eigenvalue weighted by Crippen LogP contribution is 2.47. The number of aryl methyl sites for hydroxylation is 1. The van der Waals surface area contributed by atoms with Crippen molar-refractivity contribution in [1.29, 1.82) is 0 Å². The minimum absolute atomic E-state index is 0.112. The molecule has 8 atom stereocenters. The number of benzene rings is 4. The molecule has 1 saturated heterocycles. The zero-order valence-electron chi connectivity index (χ0n) is 25.7. The third kappa shape index (κ3) is 6.06. The van der Waals surface area contributed by atoms with Crippen LogP contribution in [0.3, 0.4) is 0 Å². The van der Waals surface area contributed by atoms with Crippen molar-refractivity contribution in [3.63, 3.8) is 0 Å². The van der Waals surface area contributed by atoms with E-state index in [4.69, 9.17) is 14.2 Å². The Hall–Kier alpha value is -3.37. The first kappa shape index (κ1) is 31.2. The molecular formula is C38H40O7S. The molecule has 7 rings (SSSR count). The molecule has 4 aromatic carbocycles. The topological polar surface area (TPSA) is 109 Å². The van der Waals surface area contributed by atoms with E-state index in [0.717, 1.165) is 53.2 Å². The van der Waals surface area contributed by atoms with Gasteiger partial charge in [0, 0.05) is 22.3 Å². The second kappa shape index (κ2) is 13.4. The SMILES string of the molecule is COc1ccc(C2CC(c3cc(S[C@@H]4OC(CO)[C@@H](O)C(O)C4O)cc(C4CCCc5ccccc54)c3)Oc3ccccc32)cc1. The number of hydrogen-bond donors (Lipinski definition) is 4. The molecule has 0 aromatic heterocycles. The monoisotopic (exact) mass is 640 g/mol. The van der Waals surface area contributed by atoms with Gasteiger partial charge in [-0.15, -0.1) is 0 Å². The lowest BCUT2D eigenvalue weighted by Crippen LogP contribution is -2.57. The first-order valence-corrected chi connectivity index (χ1v) is 16.9. The van der Waals surface area contributed by atoms with Gasteiger partial charge >= 0.3 is 0 Å². The molecule has 1 aliphatic carbocycles. The van der Waals surface area contributed by atoms with Crippen molar-refractivity contribution in [3.8, 4) is 11.5 Å². The predicted octanol–water partition coefficient (Wildman–Crippen LogP) is 5.71. The summed E-state index contributed by atoms with van der Waals surface area (Å²) in [5.74, 6) is 1.99. The lowest BCUT2D eigenvalue weighted by Gasteiger charge is -2.39. The van der Waals surface area contributed by atoms with Gasteiger partial charge in [0.15, 0.2) is 0 Å². The van der Waals surface area contributed by atoms with Crippen LogP contribution < -0.4 is 9.47 Å². The summed E-state index contributed by atoms with van der Waals surface area (Å²) in [6, 6.07) is 31.6. The maximum atomic E-state index is 10.9. The van der Waals surface area contributed by atoms with Crippen LogP contribution in [0.15, 0.2) is 95.9 Å². The highest BCUT2D eigenvalue weighted by Gasteiger charge is 2.44. The number of hydrogen-bond acceptors (Lipinski definition) is 8. The molecule has 2 aliphatic heterocycles. The van der Waals surface area contributed by atoms with Gasteiger partial charge < -0.3 is 34.6 Å². The molecule has 0 amide bonds. The molecule has 6 unspecified atom stereocenters. The highest BCUT2D eigenvalue weighted by molar-refractivity contribution is 7.99. The van der Waals surface area contributed by atoms with Gasteiger partial charge in [0.05, 0.1) is 13.7 Å². The Labute approximate surface area is 273 Å². The van der Waals surface area contributed by atoms with Crippen LogP contribution in [0.5, 0.6) is 11.5 Å². The van der Waals surface area contributed by atoms with Gasteiger partial charge in [-0.05, 0) is 83.8 Å². The third-order valence-corrected chi connectivity index (χ3v) is 10.9. The quantitative estimate of drug-likeness (QED) is 0.204. The fourth-order valence-electron chi connectivity index (χ4n) is 7.27. The van der Waals surface area contributed by atoms with Crippen LogP contribution in [0.25, 0.3) is 0 Å². The van der Waals surface area contributed by atoms with E-state index >= 15 is 0 Å². The summed E-state index contributed by atoms with van der Waals surface area (Å²) < 4.78 is 18.1. The van der Waals surface area contributed by atoms with Crippen molar-refractivity contribution in [2.24, 2.45) is 0 Å². The van der Waals surface area contributed by atoms with Gasteiger partial charge in [-0.2, -0.15) is 0 Å². The minimum atomic E-state index is -1.43. The van der Waals surface area contributed by atoms with Crippen LogP contribution in [0.1, 0.15) is 70.6 Å². The number of aliphatic hydroxyl groups is 4. The highest BCUT2D eigenvalue weighted by atomic mass is 32.2. The standard InChI is InChI=1S/C38H40O7S/c1-43-26-15-13-23(14-16-26)31-20-33(44-32-12-5-4-10-30(31)32)25-17-24(29-11-6-8-22-7-2-3-9-28(22)29)18-27(19-25)46-38-37(42)36(41)35(40)34(21-39)45-38/h2-5,7,9-10,12-19,29,31,33-42H,6,8,11,20-21H2,1H3/t29?,31?,33?,34?,35-,36?,37?,38+/m1/s1. The number of rotatable bonds is 7. The van der Waals surface area contributed by atoms with E-state index in [1.54, 1.807) is 7.11 Å². The molecular weight excluding hydrogens is 600 g/mol. The lowest BCUT2D eigenvalue weighted by molar-refractivity contribution is -0.205. The molecule has 240 valence electrons. The minimum Gasteiger partial charge on any atom is -0.497 e. The van der Waals surface area contributed by atoms with E-state index in [2.05, 4.69) is 66.7 Å². The maximum absolute atomic E-state index is 10.9. The molecule has 3 aliphatic rings. The molecule has 4 aromatic rings. The number of thioether (sulfide) groups is 1. The Morgan fingerprint density at radius 2 is 1.52 bits per heavy atom. The van der Waals surface area contributed by atoms with Gasteiger partial charge in [-0.1, -0.05) is 72.4 Å². The Morgan fingerprint density at radius 1 is 0.783 bits per heavy atom. The molecule has 1 fully saturated rings. The zero-order valence-corrected chi connectivity index (χ0v) is 26.6. The smallest absolute Gasteiger partial charge is 0.136 e. The number of ether oxygens (including phenoxy) is 3. The Morgan fingerprint density at radius 3 is 2.30 bits per heavy atom. The zero-order chi connectivity index (χ0) is 31.8. The summed E-state index contributed by atoms with van der Waals surface area (Å²) in [5, 5.41) is 41.5. The van der Waals surface area contributed by atoms with E-state index in [0.29, 0.717) is 0 Å². The number of para-hydroxylation sites is 1. The summed E-state index contributed by atoms with van der Waals surface area (Å²) in [7, 11) is 1.67. The number of aliphatic hydroxyl groups excluding tert-OH is 4. The largest absolute Gasteiger partial charge is 0.497 e. The second-order valence-electron chi connectivity index (χ2n) is 12.5. The van der Waals surface area contributed by atoms with Crippen molar-refractivity contribution in [2.75, 3.05) is 13.7 Å². The fourth-order valence-corrected chi connectivity index (χ4v) is 8.45. The van der Waals surface area contributed by atoms with Crippen LogP contribution in [0.4, 0.5) is 0 Å². The van der Waals surface area contributed by atoms with E-state index < -0.39 is 36.5 Å². The van der Waals surface area contributed by atoms with Crippen LogP contribution in [-0.4, -0.2) is 64.0 Å².